The second-order valence-electron chi connectivity index (χ2n) is 8.14. The monoisotopic (exact) mass is 381 g/mol. The Kier molecular flexibility index (Phi) is 3.92. The number of imidazole rings is 1. The van der Waals surface area contributed by atoms with E-state index in [9.17, 15) is 0 Å². The molecule has 2 aliphatic rings. The molecule has 0 amide bonds. The molecule has 0 bridgehead atoms. The van der Waals surface area contributed by atoms with Crippen LogP contribution in [0.5, 0.6) is 0 Å². The van der Waals surface area contributed by atoms with Crippen molar-refractivity contribution >= 4 is 28.3 Å². The van der Waals surface area contributed by atoms with Crippen LogP contribution in [0.1, 0.15) is 24.0 Å². The lowest BCUT2D eigenvalue weighted by molar-refractivity contribution is 0.369. The van der Waals surface area contributed by atoms with Crippen molar-refractivity contribution in [2.45, 2.75) is 26.7 Å². The van der Waals surface area contributed by atoms with Crippen molar-refractivity contribution in [3.8, 4) is 11.4 Å². The van der Waals surface area contributed by atoms with E-state index in [2.05, 4.69) is 39.2 Å². The van der Waals surface area contributed by atoms with Gasteiger partial charge in [0.15, 0.2) is 0 Å². The number of pyridine rings is 1. The van der Waals surface area contributed by atoms with Gasteiger partial charge in [-0.1, -0.05) is 11.6 Å². The van der Waals surface area contributed by atoms with Crippen LogP contribution in [0.4, 0.5) is 5.69 Å². The summed E-state index contributed by atoms with van der Waals surface area (Å²) in [5.41, 5.74) is 6.95. The van der Waals surface area contributed by atoms with Gasteiger partial charge < -0.3 is 15.2 Å². The summed E-state index contributed by atoms with van der Waals surface area (Å²) in [4.78, 5) is 15.1. The molecular weight excluding hydrogens is 358 g/mol. The van der Waals surface area contributed by atoms with Gasteiger partial charge in [-0.05, 0) is 62.6 Å². The lowest BCUT2D eigenvalue weighted by Gasteiger charge is -2.24. The Morgan fingerprint density at radius 1 is 1.19 bits per heavy atom. The minimum atomic E-state index is 0.461. The molecular formula is C21H24ClN5. The average Bonchev–Trinajstić information content (AvgIpc) is 3.36. The molecule has 27 heavy (non-hydrogen) atoms. The second kappa shape index (κ2) is 6.21. The number of halogens is 1. The molecule has 3 aromatic rings. The van der Waals surface area contributed by atoms with Crippen molar-refractivity contribution in [3.63, 3.8) is 0 Å². The molecule has 1 spiro atoms. The topological polar surface area (TPSA) is 56.8 Å². The van der Waals surface area contributed by atoms with Crippen LogP contribution in [0.2, 0.25) is 5.15 Å². The normalized spacial score (nSPS) is 22.4. The van der Waals surface area contributed by atoms with E-state index in [0.717, 1.165) is 54.2 Å². The number of nitrogens with zero attached hydrogens (tertiary/aromatic N) is 3. The third-order valence-corrected chi connectivity index (χ3v) is 6.53. The second-order valence-corrected chi connectivity index (χ2v) is 8.49. The number of fused-ring (bicyclic) bond motifs is 1. The molecule has 2 N–H and O–H groups in total. The van der Waals surface area contributed by atoms with E-state index in [0.29, 0.717) is 10.6 Å². The Labute approximate surface area is 164 Å². The fourth-order valence-corrected chi connectivity index (χ4v) is 4.98. The van der Waals surface area contributed by atoms with Crippen molar-refractivity contribution in [2.24, 2.45) is 5.41 Å². The maximum atomic E-state index is 6.35. The number of hydrogen-bond acceptors (Lipinski definition) is 4. The summed E-state index contributed by atoms with van der Waals surface area (Å²) in [6, 6.07) is 6.47. The van der Waals surface area contributed by atoms with Gasteiger partial charge in [0.25, 0.3) is 0 Å². The van der Waals surface area contributed by atoms with Gasteiger partial charge in [-0.3, -0.25) is 0 Å². The molecule has 1 unspecified atom stereocenters. The van der Waals surface area contributed by atoms with Crippen LogP contribution in [0.25, 0.3) is 22.4 Å². The molecule has 4 heterocycles. The third kappa shape index (κ3) is 2.80. The number of H-pyrrole nitrogens is 1. The first-order valence-electron chi connectivity index (χ1n) is 9.62. The van der Waals surface area contributed by atoms with Gasteiger partial charge in [0.1, 0.15) is 11.0 Å². The van der Waals surface area contributed by atoms with E-state index in [4.69, 9.17) is 16.6 Å². The van der Waals surface area contributed by atoms with Gasteiger partial charge in [-0.15, -0.1) is 0 Å². The van der Waals surface area contributed by atoms with Crippen LogP contribution < -0.4 is 10.2 Å². The Morgan fingerprint density at radius 2 is 2.07 bits per heavy atom. The molecule has 1 atom stereocenters. The van der Waals surface area contributed by atoms with Crippen LogP contribution in [-0.2, 0) is 0 Å². The van der Waals surface area contributed by atoms with Gasteiger partial charge in [-0.25, -0.2) is 9.97 Å². The predicted octanol–water partition coefficient (Wildman–Crippen LogP) is 4.08. The molecule has 0 radical (unpaired) electrons. The fraction of sp³-hybridized carbons (Fsp3) is 0.429. The summed E-state index contributed by atoms with van der Waals surface area (Å²) in [7, 11) is 0. The van der Waals surface area contributed by atoms with Crippen molar-refractivity contribution in [3.05, 3.63) is 40.7 Å². The maximum Gasteiger partial charge on any atom is 0.141 e. The number of nitrogens with one attached hydrogen (secondary N) is 2. The van der Waals surface area contributed by atoms with Crippen LogP contribution in [0.15, 0.2) is 24.4 Å². The van der Waals surface area contributed by atoms with Crippen molar-refractivity contribution in [2.75, 3.05) is 31.1 Å². The minimum Gasteiger partial charge on any atom is -0.371 e. The first-order valence-corrected chi connectivity index (χ1v) is 10.0. The molecule has 1 aromatic carbocycles. The summed E-state index contributed by atoms with van der Waals surface area (Å²) < 4.78 is 0. The number of hydrogen-bond donors (Lipinski definition) is 2. The van der Waals surface area contributed by atoms with Gasteiger partial charge >= 0.3 is 0 Å². The SMILES string of the molecule is Cc1ccnc(Cl)c1-c1nc2c(C)cc(N3CCC4(CCNC4)C3)cc2[nH]1. The van der Waals surface area contributed by atoms with Gasteiger partial charge in [0.2, 0.25) is 0 Å². The first kappa shape index (κ1) is 17.0. The van der Waals surface area contributed by atoms with Crippen LogP contribution in [-0.4, -0.2) is 41.1 Å². The van der Waals surface area contributed by atoms with Crippen LogP contribution in [0, 0.1) is 19.3 Å². The number of rotatable bonds is 2. The van der Waals surface area contributed by atoms with Crippen molar-refractivity contribution in [1.82, 2.24) is 20.3 Å². The minimum absolute atomic E-state index is 0.461. The van der Waals surface area contributed by atoms with Crippen LogP contribution in [0.3, 0.4) is 0 Å². The largest absolute Gasteiger partial charge is 0.371 e. The maximum absolute atomic E-state index is 6.35. The quantitative estimate of drug-likeness (QED) is 0.656. The third-order valence-electron chi connectivity index (χ3n) is 6.25. The zero-order valence-corrected chi connectivity index (χ0v) is 16.5. The molecule has 2 saturated heterocycles. The van der Waals surface area contributed by atoms with E-state index < -0.39 is 0 Å². The standard InChI is InChI=1S/C21H24ClN5/c1-13-3-6-24-19(22)17(13)20-25-16-10-15(9-14(2)18(16)26-20)27-8-5-21(12-27)4-7-23-11-21/h3,6,9-10,23H,4-5,7-8,11-12H2,1-2H3,(H,25,26). The van der Waals surface area contributed by atoms with E-state index in [1.54, 1.807) is 6.20 Å². The zero-order valence-electron chi connectivity index (χ0n) is 15.8. The number of anilines is 1. The number of aryl methyl sites for hydroxylation is 2. The van der Waals surface area contributed by atoms with Crippen molar-refractivity contribution < 1.29 is 0 Å². The summed E-state index contributed by atoms with van der Waals surface area (Å²) in [6.45, 7) is 8.74. The highest BCUT2D eigenvalue weighted by Crippen LogP contribution is 2.39. The average molecular weight is 382 g/mol. The lowest BCUT2D eigenvalue weighted by Crippen LogP contribution is -2.29. The van der Waals surface area contributed by atoms with E-state index >= 15 is 0 Å². The first-order chi connectivity index (χ1) is 13.0. The highest BCUT2D eigenvalue weighted by atomic mass is 35.5. The molecule has 0 aliphatic carbocycles. The zero-order chi connectivity index (χ0) is 18.6. The van der Waals surface area contributed by atoms with Crippen molar-refractivity contribution in [1.29, 1.82) is 0 Å². The smallest absolute Gasteiger partial charge is 0.141 e. The summed E-state index contributed by atoms with van der Waals surface area (Å²) in [5, 5.41) is 4.03. The highest BCUT2D eigenvalue weighted by molar-refractivity contribution is 6.32. The Bertz CT molecular complexity index is 999. The number of aromatic amines is 1. The number of benzene rings is 1. The Hall–Kier alpha value is -2.11. The van der Waals surface area contributed by atoms with Gasteiger partial charge in [0.05, 0.1) is 16.6 Å². The Morgan fingerprint density at radius 3 is 2.85 bits per heavy atom. The molecule has 0 saturated carbocycles. The van der Waals surface area contributed by atoms with Gasteiger partial charge in [-0.2, -0.15) is 0 Å². The lowest BCUT2D eigenvalue weighted by atomic mass is 9.86. The fourth-order valence-electron chi connectivity index (χ4n) is 4.68. The molecule has 2 aromatic heterocycles. The van der Waals surface area contributed by atoms with Gasteiger partial charge in [0, 0.05) is 36.9 Å². The summed E-state index contributed by atoms with van der Waals surface area (Å²) in [6.07, 6.45) is 4.29. The molecule has 2 fully saturated rings. The van der Waals surface area contributed by atoms with E-state index in [-0.39, 0.29) is 0 Å². The molecule has 2 aliphatic heterocycles. The molecule has 5 rings (SSSR count). The predicted molar refractivity (Wildman–Crippen MR) is 111 cm³/mol. The van der Waals surface area contributed by atoms with Crippen LogP contribution >= 0.6 is 11.6 Å². The molecule has 5 nitrogen and oxygen atoms in total. The van der Waals surface area contributed by atoms with E-state index in [1.165, 1.54) is 24.1 Å². The van der Waals surface area contributed by atoms with E-state index in [1.807, 2.05) is 13.0 Å². The summed E-state index contributed by atoms with van der Waals surface area (Å²) in [5.74, 6) is 0.790. The number of aromatic nitrogens is 3. The molecule has 6 heteroatoms. The summed E-state index contributed by atoms with van der Waals surface area (Å²) >= 11 is 6.35. The molecule has 140 valence electrons. The highest BCUT2D eigenvalue weighted by Gasteiger charge is 2.40. The Balaban J connectivity index is 1.54.